The van der Waals surface area contributed by atoms with E-state index in [0.29, 0.717) is 12.0 Å². The molecule has 1 fully saturated rings. The first-order valence-corrected chi connectivity index (χ1v) is 9.22. The van der Waals surface area contributed by atoms with Gasteiger partial charge in [0.05, 0.1) is 0 Å². The van der Waals surface area contributed by atoms with E-state index in [1.807, 2.05) is 18.2 Å². The lowest BCUT2D eigenvalue weighted by molar-refractivity contribution is 0.170. The molecule has 1 aromatic rings. The third kappa shape index (κ3) is 5.63. The normalized spacial score (nSPS) is 16.6. The molecule has 0 amide bonds. The number of benzene rings is 1. The number of hydrogen-bond donors (Lipinski definition) is 1. The highest BCUT2D eigenvalue weighted by atomic mass is 35.5. The molecule has 23 heavy (non-hydrogen) atoms. The van der Waals surface area contributed by atoms with E-state index in [1.54, 1.807) is 0 Å². The fraction of sp³-hybridized carbons (Fsp3) is 0.611. The van der Waals surface area contributed by atoms with E-state index >= 15 is 0 Å². The average Bonchev–Trinajstić information content (AvgIpc) is 2.53. The van der Waals surface area contributed by atoms with E-state index in [-0.39, 0.29) is 0 Å². The molecule has 0 aliphatic carbocycles. The molecule has 0 spiro atoms. The highest BCUT2D eigenvalue weighted by Gasteiger charge is 2.25. The molecule has 128 valence electrons. The minimum Gasteiger partial charge on any atom is -0.362 e. The van der Waals surface area contributed by atoms with Crippen molar-refractivity contribution in [1.82, 2.24) is 15.1 Å². The van der Waals surface area contributed by atoms with Crippen molar-refractivity contribution in [1.29, 1.82) is 0 Å². The van der Waals surface area contributed by atoms with Crippen LogP contribution < -0.4 is 5.32 Å². The number of nitrogens with zero attached hydrogens (tertiary/aromatic N) is 2. The summed E-state index contributed by atoms with van der Waals surface area (Å²) in [6, 6.07) is 8.54. The van der Waals surface area contributed by atoms with Crippen LogP contribution in [0.25, 0.3) is 0 Å². The average molecular weight is 354 g/mol. The lowest BCUT2D eigenvalue weighted by Crippen LogP contribution is -2.50. The number of thiocarbonyl (C=S) groups is 1. The molecule has 5 heteroatoms. The summed E-state index contributed by atoms with van der Waals surface area (Å²) in [7, 11) is 2.18. The van der Waals surface area contributed by atoms with E-state index in [0.717, 1.165) is 54.7 Å². The van der Waals surface area contributed by atoms with Gasteiger partial charge in [-0.05, 0) is 62.7 Å². The van der Waals surface area contributed by atoms with Crippen molar-refractivity contribution >= 4 is 28.9 Å². The highest BCUT2D eigenvalue weighted by Crippen LogP contribution is 2.22. The standard InChI is InChI=1S/C18H28ClN3S/c1-14(2)12-20-18(23)22(16-8-10-21(3)11-9-16)13-15-6-4-5-7-17(15)19/h4-7,14,16H,8-13H2,1-3H3,(H,20,23). The molecule has 1 aliphatic heterocycles. The van der Waals surface area contributed by atoms with Gasteiger partial charge in [0.15, 0.2) is 5.11 Å². The molecule has 3 nitrogen and oxygen atoms in total. The SMILES string of the molecule is CC(C)CNC(=S)N(Cc1ccccc1Cl)C1CCN(C)CC1. The van der Waals surface area contributed by atoms with Gasteiger partial charge >= 0.3 is 0 Å². The summed E-state index contributed by atoms with van der Waals surface area (Å²) in [5.41, 5.74) is 1.14. The monoisotopic (exact) mass is 353 g/mol. The molecular formula is C18H28ClN3S. The number of likely N-dealkylation sites (tertiary alicyclic amines) is 1. The Kier molecular flexibility index (Phi) is 7.12. The van der Waals surface area contributed by atoms with Gasteiger partial charge in [-0.2, -0.15) is 0 Å². The summed E-state index contributed by atoms with van der Waals surface area (Å²) in [6.45, 7) is 8.32. The van der Waals surface area contributed by atoms with Crippen molar-refractivity contribution in [3.8, 4) is 0 Å². The Labute approximate surface area is 151 Å². The minimum absolute atomic E-state index is 0.481. The number of piperidine rings is 1. The van der Waals surface area contributed by atoms with Crippen molar-refractivity contribution < 1.29 is 0 Å². The predicted octanol–water partition coefficient (Wildman–Crippen LogP) is 3.77. The largest absolute Gasteiger partial charge is 0.362 e. The lowest BCUT2D eigenvalue weighted by atomic mass is 10.0. The Balaban J connectivity index is 2.10. The molecule has 0 unspecified atom stereocenters. The molecular weight excluding hydrogens is 326 g/mol. The Bertz CT molecular complexity index is 513. The zero-order valence-corrected chi connectivity index (χ0v) is 16.0. The molecule has 1 heterocycles. The molecule has 0 radical (unpaired) electrons. The maximum absolute atomic E-state index is 6.36. The Morgan fingerprint density at radius 2 is 2.00 bits per heavy atom. The second-order valence-corrected chi connectivity index (χ2v) is 7.63. The van der Waals surface area contributed by atoms with Crippen molar-refractivity contribution in [3.63, 3.8) is 0 Å². The summed E-state index contributed by atoms with van der Waals surface area (Å²) in [4.78, 5) is 4.72. The molecule has 1 N–H and O–H groups in total. The fourth-order valence-corrected chi connectivity index (χ4v) is 3.37. The maximum Gasteiger partial charge on any atom is 0.169 e. The zero-order chi connectivity index (χ0) is 16.8. The van der Waals surface area contributed by atoms with Gasteiger partial charge in [-0.25, -0.2) is 0 Å². The van der Waals surface area contributed by atoms with Crippen molar-refractivity contribution in [2.24, 2.45) is 5.92 Å². The molecule has 0 aromatic heterocycles. The molecule has 0 atom stereocenters. The third-order valence-electron chi connectivity index (χ3n) is 4.35. The number of rotatable bonds is 5. The predicted molar refractivity (Wildman–Crippen MR) is 103 cm³/mol. The lowest BCUT2D eigenvalue weighted by Gasteiger charge is -2.39. The number of hydrogen-bond acceptors (Lipinski definition) is 2. The molecule has 1 aromatic carbocycles. The van der Waals surface area contributed by atoms with Gasteiger partial charge < -0.3 is 15.1 Å². The van der Waals surface area contributed by atoms with Crippen LogP contribution in [0, 0.1) is 5.92 Å². The third-order valence-corrected chi connectivity index (χ3v) is 5.10. The van der Waals surface area contributed by atoms with Crippen LogP contribution in [-0.4, -0.2) is 47.6 Å². The minimum atomic E-state index is 0.481. The summed E-state index contributed by atoms with van der Waals surface area (Å²) < 4.78 is 0. The zero-order valence-electron chi connectivity index (χ0n) is 14.4. The Hall–Kier alpha value is -0.840. The maximum atomic E-state index is 6.36. The highest BCUT2D eigenvalue weighted by molar-refractivity contribution is 7.80. The van der Waals surface area contributed by atoms with Crippen molar-refractivity contribution in [3.05, 3.63) is 34.9 Å². The fourth-order valence-electron chi connectivity index (χ4n) is 2.88. The van der Waals surface area contributed by atoms with E-state index in [1.165, 1.54) is 0 Å². The summed E-state index contributed by atoms with van der Waals surface area (Å²) in [5, 5.41) is 5.10. The van der Waals surface area contributed by atoms with Gasteiger partial charge in [0.25, 0.3) is 0 Å². The van der Waals surface area contributed by atoms with Gasteiger partial charge in [0, 0.05) is 24.2 Å². The van der Waals surface area contributed by atoms with E-state index in [2.05, 4.69) is 42.1 Å². The first-order chi connectivity index (χ1) is 11.0. The van der Waals surface area contributed by atoms with Gasteiger partial charge in [0.2, 0.25) is 0 Å². The van der Waals surface area contributed by atoms with Crippen LogP contribution in [0.15, 0.2) is 24.3 Å². The van der Waals surface area contributed by atoms with Crippen LogP contribution in [0.4, 0.5) is 0 Å². The van der Waals surface area contributed by atoms with Gasteiger partial charge in [-0.3, -0.25) is 0 Å². The van der Waals surface area contributed by atoms with Crippen LogP contribution in [-0.2, 0) is 6.54 Å². The van der Waals surface area contributed by atoms with Crippen LogP contribution in [0.3, 0.4) is 0 Å². The molecule has 1 aliphatic rings. The number of nitrogens with one attached hydrogen (secondary N) is 1. The van der Waals surface area contributed by atoms with Crippen molar-refractivity contribution in [2.45, 2.75) is 39.3 Å². The van der Waals surface area contributed by atoms with Crippen LogP contribution in [0.5, 0.6) is 0 Å². The second kappa shape index (κ2) is 8.86. The van der Waals surface area contributed by atoms with E-state index in [4.69, 9.17) is 23.8 Å². The molecule has 0 bridgehead atoms. The Morgan fingerprint density at radius 3 is 2.61 bits per heavy atom. The molecule has 0 saturated carbocycles. The van der Waals surface area contributed by atoms with Crippen LogP contribution in [0.1, 0.15) is 32.3 Å². The van der Waals surface area contributed by atoms with Crippen LogP contribution >= 0.6 is 23.8 Å². The van der Waals surface area contributed by atoms with Crippen molar-refractivity contribution in [2.75, 3.05) is 26.7 Å². The first-order valence-electron chi connectivity index (χ1n) is 8.43. The smallest absolute Gasteiger partial charge is 0.169 e. The molecule has 2 rings (SSSR count). The second-order valence-electron chi connectivity index (χ2n) is 6.83. The summed E-state index contributed by atoms with van der Waals surface area (Å²) in [5.74, 6) is 0.576. The quantitative estimate of drug-likeness (QED) is 0.812. The summed E-state index contributed by atoms with van der Waals surface area (Å²) in [6.07, 6.45) is 2.29. The topological polar surface area (TPSA) is 18.5 Å². The van der Waals surface area contributed by atoms with E-state index in [9.17, 15) is 0 Å². The number of halogens is 1. The van der Waals surface area contributed by atoms with Gasteiger partial charge in [-0.15, -0.1) is 0 Å². The first kappa shape index (κ1) is 18.5. The van der Waals surface area contributed by atoms with Crippen LogP contribution in [0.2, 0.25) is 5.02 Å². The molecule has 1 saturated heterocycles. The van der Waals surface area contributed by atoms with E-state index < -0.39 is 0 Å². The Morgan fingerprint density at radius 1 is 1.35 bits per heavy atom. The summed E-state index contributed by atoms with van der Waals surface area (Å²) >= 11 is 12.1. The van der Waals surface area contributed by atoms with Gasteiger partial charge in [0.1, 0.15) is 0 Å². The van der Waals surface area contributed by atoms with Gasteiger partial charge in [-0.1, -0.05) is 43.6 Å².